The van der Waals surface area contributed by atoms with Gasteiger partial charge in [0.15, 0.2) is 0 Å². The van der Waals surface area contributed by atoms with Crippen LogP contribution in [-0.4, -0.2) is 52.8 Å². The van der Waals surface area contributed by atoms with Crippen molar-refractivity contribution in [3.05, 3.63) is 71.2 Å². The fourth-order valence-corrected chi connectivity index (χ4v) is 4.09. The van der Waals surface area contributed by atoms with Gasteiger partial charge in [-0.15, -0.1) is 0 Å². The average molecular weight is 494 g/mol. The Balaban J connectivity index is 1.36. The molecular formula is C28H32ClN3O3. The highest BCUT2D eigenvalue weighted by atomic mass is 35.5. The molecule has 0 spiro atoms. The van der Waals surface area contributed by atoms with Gasteiger partial charge in [0.25, 0.3) is 0 Å². The van der Waals surface area contributed by atoms with Gasteiger partial charge in [0.1, 0.15) is 23.1 Å². The number of aromatic amines is 1. The Hall–Kier alpha value is -3.22. The third-order valence-electron chi connectivity index (χ3n) is 6.03. The molecule has 0 radical (unpaired) electrons. The van der Waals surface area contributed by atoms with Gasteiger partial charge in [-0.2, -0.15) is 0 Å². The number of hydrogen-bond donors (Lipinski definition) is 2. The summed E-state index contributed by atoms with van der Waals surface area (Å²) in [5, 5.41) is 11.3. The van der Waals surface area contributed by atoms with Crippen molar-refractivity contribution in [3.63, 3.8) is 0 Å². The van der Waals surface area contributed by atoms with Crippen LogP contribution in [0.3, 0.4) is 0 Å². The van der Waals surface area contributed by atoms with Crippen LogP contribution in [0.4, 0.5) is 0 Å². The number of halogens is 1. The predicted molar refractivity (Wildman–Crippen MR) is 142 cm³/mol. The zero-order valence-electron chi connectivity index (χ0n) is 20.3. The highest BCUT2D eigenvalue weighted by Crippen LogP contribution is 2.32. The third-order valence-corrected chi connectivity index (χ3v) is 6.28. The van der Waals surface area contributed by atoms with E-state index in [2.05, 4.69) is 28.7 Å². The molecule has 6 nitrogen and oxygen atoms in total. The summed E-state index contributed by atoms with van der Waals surface area (Å²) >= 11 is 5.93. The second-order valence-corrected chi connectivity index (χ2v) is 8.83. The van der Waals surface area contributed by atoms with Crippen LogP contribution in [0.1, 0.15) is 25.8 Å². The first kappa shape index (κ1) is 24.9. The van der Waals surface area contributed by atoms with E-state index in [4.69, 9.17) is 21.1 Å². The van der Waals surface area contributed by atoms with Crippen molar-refractivity contribution in [1.29, 1.82) is 0 Å². The largest absolute Gasteiger partial charge is 0.507 e. The molecule has 1 heterocycles. The molecule has 184 valence electrons. The van der Waals surface area contributed by atoms with E-state index in [0.29, 0.717) is 30.4 Å². The number of hydrogen-bond acceptors (Lipinski definition) is 5. The normalized spacial score (nSPS) is 11.3. The Morgan fingerprint density at radius 3 is 2.37 bits per heavy atom. The van der Waals surface area contributed by atoms with Crippen molar-refractivity contribution < 1.29 is 14.6 Å². The smallest absolute Gasteiger partial charge is 0.142 e. The summed E-state index contributed by atoms with van der Waals surface area (Å²) in [5.41, 5.74) is 3.44. The van der Waals surface area contributed by atoms with E-state index >= 15 is 0 Å². The van der Waals surface area contributed by atoms with Crippen LogP contribution < -0.4 is 9.47 Å². The number of rotatable bonds is 12. The van der Waals surface area contributed by atoms with Crippen LogP contribution in [0.15, 0.2) is 60.7 Å². The molecule has 0 aliphatic heterocycles. The summed E-state index contributed by atoms with van der Waals surface area (Å²) in [6, 6.07) is 18.8. The van der Waals surface area contributed by atoms with Crippen LogP contribution in [0.2, 0.25) is 5.02 Å². The van der Waals surface area contributed by atoms with Crippen molar-refractivity contribution in [1.82, 2.24) is 14.9 Å². The van der Waals surface area contributed by atoms with Gasteiger partial charge in [0.05, 0.1) is 29.8 Å². The highest BCUT2D eigenvalue weighted by Gasteiger charge is 2.12. The lowest BCUT2D eigenvalue weighted by molar-refractivity contribution is 0.249. The Labute approximate surface area is 211 Å². The molecule has 0 amide bonds. The molecule has 0 saturated heterocycles. The van der Waals surface area contributed by atoms with Crippen LogP contribution >= 0.6 is 11.6 Å². The molecule has 0 aliphatic rings. The number of phenols is 1. The summed E-state index contributed by atoms with van der Waals surface area (Å²) in [6.45, 7) is 8.67. The predicted octanol–water partition coefficient (Wildman–Crippen LogP) is 6.32. The standard InChI is InChI=1S/C28H32ClN3O3/c1-3-32(4-2)15-5-16-34-22-11-13-25-26(18-22)31-28(30-25)24-12-10-23(19-27(24)33)35-17-14-20-6-8-21(29)9-7-20/h6-13,18-19,33H,3-5,14-17H2,1-2H3,(H,30,31). The van der Waals surface area contributed by atoms with Crippen molar-refractivity contribution in [2.45, 2.75) is 26.7 Å². The Morgan fingerprint density at radius 1 is 0.914 bits per heavy atom. The van der Waals surface area contributed by atoms with E-state index in [1.54, 1.807) is 6.07 Å². The zero-order chi connectivity index (χ0) is 24.6. The summed E-state index contributed by atoms with van der Waals surface area (Å²) in [5.74, 6) is 2.13. The molecule has 0 bridgehead atoms. The molecule has 2 N–H and O–H groups in total. The Morgan fingerprint density at radius 2 is 1.63 bits per heavy atom. The van der Waals surface area contributed by atoms with Crippen molar-refractivity contribution >= 4 is 22.6 Å². The van der Waals surface area contributed by atoms with Gasteiger partial charge in [0, 0.05) is 30.1 Å². The van der Waals surface area contributed by atoms with Crippen molar-refractivity contribution in [2.24, 2.45) is 0 Å². The van der Waals surface area contributed by atoms with Gasteiger partial charge in [-0.3, -0.25) is 0 Å². The first-order valence-electron chi connectivity index (χ1n) is 12.1. The molecular weight excluding hydrogens is 462 g/mol. The molecule has 7 heteroatoms. The molecule has 0 saturated carbocycles. The highest BCUT2D eigenvalue weighted by molar-refractivity contribution is 6.30. The zero-order valence-corrected chi connectivity index (χ0v) is 21.0. The van der Waals surface area contributed by atoms with Gasteiger partial charge >= 0.3 is 0 Å². The molecule has 3 aromatic carbocycles. The number of fused-ring (bicyclic) bond motifs is 1. The first-order chi connectivity index (χ1) is 17.1. The number of aromatic nitrogens is 2. The molecule has 0 fully saturated rings. The maximum absolute atomic E-state index is 10.6. The van der Waals surface area contributed by atoms with Gasteiger partial charge < -0.3 is 24.5 Å². The molecule has 4 aromatic rings. The summed E-state index contributed by atoms with van der Waals surface area (Å²) in [4.78, 5) is 10.3. The maximum atomic E-state index is 10.6. The molecule has 1 aromatic heterocycles. The number of aromatic hydroxyl groups is 1. The van der Waals surface area contributed by atoms with Crippen LogP contribution in [0.25, 0.3) is 22.4 Å². The number of ether oxygens (including phenoxy) is 2. The number of phenolic OH excluding ortho intramolecular Hbond substituents is 1. The Kier molecular flexibility index (Phi) is 8.50. The number of nitrogens with one attached hydrogen (secondary N) is 1. The lowest BCUT2D eigenvalue weighted by atomic mass is 10.1. The monoisotopic (exact) mass is 493 g/mol. The van der Waals surface area contributed by atoms with E-state index in [9.17, 15) is 5.11 Å². The lowest BCUT2D eigenvalue weighted by Gasteiger charge is -2.17. The summed E-state index contributed by atoms with van der Waals surface area (Å²) in [6.07, 6.45) is 1.74. The minimum absolute atomic E-state index is 0.112. The lowest BCUT2D eigenvalue weighted by Crippen LogP contribution is -2.25. The van der Waals surface area contributed by atoms with Gasteiger partial charge in [0.2, 0.25) is 0 Å². The second kappa shape index (κ2) is 12.0. The quantitative estimate of drug-likeness (QED) is 0.226. The van der Waals surface area contributed by atoms with Crippen LogP contribution in [0.5, 0.6) is 17.2 Å². The molecule has 35 heavy (non-hydrogen) atoms. The van der Waals surface area contributed by atoms with Gasteiger partial charge in [-0.05, 0) is 61.5 Å². The van der Waals surface area contributed by atoms with Crippen molar-refractivity contribution in [3.8, 4) is 28.6 Å². The van der Waals surface area contributed by atoms with Gasteiger partial charge in [-0.1, -0.05) is 37.6 Å². The summed E-state index contributed by atoms with van der Waals surface area (Å²) in [7, 11) is 0. The fraction of sp³-hybridized carbons (Fsp3) is 0.321. The number of benzene rings is 3. The molecule has 4 rings (SSSR count). The topological polar surface area (TPSA) is 70.6 Å². The van der Waals surface area contributed by atoms with E-state index in [1.807, 2.05) is 54.6 Å². The average Bonchev–Trinajstić information content (AvgIpc) is 3.28. The van der Waals surface area contributed by atoms with E-state index < -0.39 is 0 Å². The van der Waals surface area contributed by atoms with E-state index in [1.165, 1.54) is 0 Å². The molecule has 0 atom stereocenters. The fourth-order valence-electron chi connectivity index (χ4n) is 3.96. The van der Waals surface area contributed by atoms with Gasteiger partial charge in [-0.25, -0.2) is 4.98 Å². The van der Waals surface area contributed by atoms with E-state index in [0.717, 1.165) is 59.8 Å². The Bertz CT molecular complexity index is 1240. The molecule has 0 unspecified atom stereocenters. The number of nitrogens with zero attached hydrogens (tertiary/aromatic N) is 2. The second-order valence-electron chi connectivity index (χ2n) is 8.40. The number of imidazole rings is 1. The third kappa shape index (κ3) is 6.68. The maximum Gasteiger partial charge on any atom is 0.142 e. The minimum atomic E-state index is 0.112. The van der Waals surface area contributed by atoms with Crippen LogP contribution in [0, 0.1) is 0 Å². The first-order valence-corrected chi connectivity index (χ1v) is 12.5. The van der Waals surface area contributed by atoms with Crippen molar-refractivity contribution in [2.75, 3.05) is 32.8 Å². The summed E-state index contributed by atoms with van der Waals surface area (Å²) < 4.78 is 11.8. The SMILES string of the molecule is CCN(CC)CCCOc1ccc2nc(-c3ccc(OCCc4ccc(Cl)cc4)cc3O)[nH]c2c1. The van der Waals surface area contributed by atoms with E-state index in [-0.39, 0.29) is 5.75 Å². The molecule has 0 aliphatic carbocycles. The number of H-pyrrole nitrogens is 1. The minimum Gasteiger partial charge on any atom is -0.507 e. The van der Waals surface area contributed by atoms with Crippen LogP contribution in [-0.2, 0) is 6.42 Å².